The summed E-state index contributed by atoms with van der Waals surface area (Å²) in [7, 11) is 1.59. The molecule has 2 aromatic rings. The lowest BCUT2D eigenvalue weighted by Crippen LogP contribution is -2.52. The summed E-state index contributed by atoms with van der Waals surface area (Å²) in [4.78, 5) is 21.2. The molecular weight excluding hydrogens is 441 g/mol. The minimum absolute atomic E-state index is 0.108. The number of urea groups is 1. The zero-order chi connectivity index (χ0) is 23.4. The van der Waals surface area contributed by atoms with Gasteiger partial charge in [0, 0.05) is 45.1 Å². The second kappa shape index (κ2) is 10.1. The van der Waals surface area contributed by atoms with Crippen LogP contribution in [0.15, 0.2) is 28.8 Å². The van der Waals surface area contributed by atoms with Crippen molar-refractivity contribution in [3.8, 4) is 0 Å². The van der Waals surface area contributed by atoms with Gasteiger partial charge in [0.1, 0.15) is 0 Å². The van der Waals surface area contributed by atoms with Crippen LogP contribution < -0.4 is 0 Å². The van der Waals surface area contributed by atoms with Gasteiger partial charge in [0.15, 0.2) is 5.82 Å². The van der Waals surface area contributed by atoms with Crippen LogP contribution in [0.2, 0.25) is 0 Å². The maximum absolute atomic E-state index is 13.2. The third kappa shape index (κ3) is 5.64. The fourth-order valence-corrected chi connectivity index (χ4v) is 4.31. The summed E-state index contributed by atoms with van der Waals surface area (Å²) in [6.45, 7) is 3.26. The first-order chi connectivity index (χ1) is 15.8. The number of ether oxygens (including phenoxy) is 2. The summed E-state index contributed by atoms with van der Waals surface area (Å²) in [5, 5.41) is 4.11. The van der Waals surface area contributed by atoms with E-state index in [9.17, 15) is 18.0 Å². The lowest BCUT2D eigenvalue weighted by Gasteiger charge is -2.40. The summed E-state index contributed by atoms with van der Waals surface area (Å²) in [5.74, 6) is 0.597. The molecule has 180 valence electrons. The maximum Gasteiger partial charge on any atom is 0.416 e. The zero-order valence-corrected chi connectivity index (χ0v) is 18.4. The number of carbonyl (C=O) groups is 1. The number of halogens is 3. The van der Waals surface area contributed by atoms with E-state index in [1.54, 1.807) is 16.9 Å². The molecule has 2 aliphatic heterocycles. The summed E-state index contributed by atoms with van der Waals surface area (Å²) in [5.41, 5.74) is 0.0522. The van der Waals surface area contributed by atoms with Crippen molar-refractivity contribution in [2.45, 2.75) is 30.9 Å². The summed E-state index contributed by atoms with van der Waals surface area (Å²) < 4.78 is 54.7. The van der Waals surface area contributed by atoms with Gasteiger partial charge in [-0.1, -0.05) is 17.3 Å². The molecule has 0 saturated carbocycles. The van der Waals surface area contributed by atoms with Crippen molar-refractivity contribution in [2.24, 2.45) is 0 Å². The van der Waals surface area contributed by atoms with Gasteiger partial charge in [-0.3, -0.25) is 0 Å². The van der Waals surface area contributed by atoms with Crippen LogP contribution in [0.25, 0.3) is 0 Å². The normalized spacial score (nSPS) is 21.9. The van der Waals surface area contributed by atoms with Crippen LogP contribution in [-0.2, 0) is 22.1 Å². The second-order valence-electron chi connectivity index (χ2n) is 8.33. The van der Waals surface area contributed by atoms with Gasteiger partial charge in [0.25, 0.3) is 0 Å². The predicted molar refractivity (Wildman–Crippen MR) is 111 cm³/mol. The Bertz CT molecular complexity index is 928. The predicted octanol–water partition coefficient (Wildman–Crippen LogP) is 3.30. The highest BCUT2D eigenvalue weighted by Crippen LogP contribution is 2.37. The average Bonchev–Trinajstić information content (AvgIpc) is 3.31. The minimum atomic E-state index is -4.39. The molecule has 2 fully saturated rings. The van der Waals surface area contributed by atoms with Crippen molar-refractivity contribution >= 4 is 6.03 Å². The summed E-state index contributed by atoms with van der Waals surface area (Å²) in [6, 6.07) is 5.05. The van der Waals surface area contributed by atoms with Crippen LogP contribution >= 0.6 is 0 Å². The van der Waals surface area contributed by atoms with Gasteiger partial charge in [-0.25, -0.2) is 4.79 Å². The summed E-state index contributed by atoms with van der Waals surface area (Å²) in [6.07, 6.45) is -3.31. The van der Waals surface area contributed by atoms with Crippen molar-refractivity contribution in [2.75, 3.05) is 53.1 Å². The molecule has 1 aromatic heterocycles. The number of benzene rings is 1. The molecule has 2 atom stereocenters. The van der Waals surface area contributed by atoms with E-state index in [0.29, 0.717) is 70.6 Å². The Kier molecular flexibility index (Phi) is 7.18. The van der Waals surface area contributed by atoms with Crippen LogP contribution in [0.5, 0.6) is 0 Å². The van der Waals surface area contributed by atoms with E-state index >= 15 is 0 Å². The molecule has 3 heterocycles. The number of hydrogen-bond donors (Lipinski definition) is 0. The molecule has 4 rings (SSSR count). The number of nitrogens with zero attached hydrogens (tertiary/aromatic N) is 4. The Balaban J connectivity index is 1.56. The van der Waals surface area contributed by atoms with Crippen molar-refractivity contribution in [3.05, 3.63) is 47.1 Å². The number of rotatable bonds is 5. The number of piperidine rings is 1. The highest BCUT2D eigenvalue weighted by molar-refractivity contribution is 5.75. The van der Waals surface area contributed by atoms with Gasteiger partial charge in [-0.15, -0.1) is 0 Å². The minimum Gasteiger partial charge on any atom is -0.384 e. The number of aromatic nitrogens is 2. The van der Waals surface area contributed by atoms with E-state index in [0.717, 1.165) is 17.7 Å². The van der Waals surface area contributed by atoms with Crippen molar-refractivity contribution < 1.29 is 32.0 Å². The Hall–Kier alpha value is -2.66. The first kappa shape index (κ1) is 23.5. The van der Waals surface area contributed by atoms with Gasteiger partial charge < -0.3 is 23.8 Å². The van der Waals surface area contributed by atoms with Gasteiger partial charge >= 0.3 is 12.2 Å². The molecule has 0 aliphatic carbocycles. The standard InChI is InChI=1S/C22H27F3N4O4/c1-31-9-6-19-26-20(27-33-19)17-12-16(15-2-4-18(5-3-15)22(23,24)25)13-29(14-17)21(30)28-7-10-32-11-8-28/h2-5,16-17H,6-14H2,1H3. The lowest BCUT2D eigenvalue weighted by atomic mass is 9.84. The van der Waals surface area contributed by atoms with E-state index < -0.39 is 11.7 Å². The molecule has 0 spiro atoms. The van der Waals surface area contributed by atoms with Crippen LogP contribution in [-0.4, -0.2) is 79.1 Å². The van der Waals surface area contributed by atoms with Crippen molar-refractivity contribution in [1.29, 1.82) is 0 Å². The number of hydrogen-bond acceptors (Lipinski definition) is 6. The number of alkyl halides is 3. The fourth-order valence-electron chi connectivity index (χ4n) is 4.31. The molecule has 1 aromatic carbocycles. The number of likely N-dealkylation sites (tertiary alicyclic amines) is 1. The number of methoxy groups -OCH3 is 1. The number of morpholine rings is 1. The molecule has 2 unspecified atom stereocenters. The van der Waals surface area contributed by atoms with E-state index in [4.69, 9.17) is 14.0 Å². The van der Waals surface area contributed by atoms with E-state index in [1.807, 2.05) is 0 Å². The highest BCUT2D eigenvalue weighted by Gasteiger charge is 2.37. The first-order valence-electron chi connectivity index (χ1n) is 11.0. The molecule has 2 amide bonds. The van der Waals surface area contributed by atoms with E-state index in [-0.39, 0.29) is 17.9 Å². The van der Waals surface area contributed by atoms with Crippen LogP contribution in [0, 0.1) is 0 Å². The summed E-state index contributed by atoms with van der Waals surface area (Å²) >= 11 is 0. The molecule has 33 heavy (non-hydrogen) atoms. The molecule has 11 heteroatoms. The quantitative estimate of drug-likeness (QED) is 0.670. The topological polar surface area (TPSA) is 80.9 Å². The Morgan fingerprint density at radius 1 is 1.12 bits per heavy atom. The Morgan fingerprint density at radius 3 is 2.48 bits per heavy atom. The third-order valence-electron chi connectivity index (χ3n) is 6.08. The second-order valence-corrected chi connectivity index (χ2v) is 8.33. The molecule has 0 bridgehead atoms. The zero-order valence-electron chi connectivity index (χ0n) is 18.4. The molecule has 8 nitrogen and oxygen atoms in total. The average molecular weight is 468 g/mol. The van der Waals surface area contributed by atoms with Gasteiger partial charge in [0.05, 0.1) is 31.8 Å². The van der Waals surface area contributed by atoms with Gasteiger partial charge in [-0.05, 0) is 24.1 Å². The van der Waals surface area contributed by atoms with Gasteiger partial charge in [0.2, 0.25) is 5.89 Å². The fraction of sp³-hybridized carbons (Fsp3) is 0.591. The third-order valence-corrected chi connectivity index (χ3v) is 6.08. The first-order valence-corrected chi connectivity index (χ1v) is 11.0. The van der Waals surface area contributed by atoms with Gasteiger partial charge in [-0.2, -0.15) is 18.2 Å². The number of carbonyl (C=O) groups excluding carboxylic acids is 1. The van der Waals surface area contributed by atoms with E-state index in [1.165, 1.54) is 12.1 Å². The van der Waals surface area contributed by atoms with Crippen LogP contribution in [0.3, 0.4) is 0 Å². The van der Waals surface area contributed by atoms with Crippen LogP contribution in [0.1, 0.15) is 41.1 Å². The van der Waals surface area contributed by atoms with Crippen molar-refractivity contribution in [3.63, 3.8) is 0 Å². The smallest absolute Gasteiger partial charge is 0.384 e. The van der Waals surface area contributed by atoms with Crippen molar-refractivity contribution in [1.82, 2.24) is 19.9 Å². The largest absolute Gasteiger partial charge is 0.416 e. The molecular formula is C22H27F3N4O4. The molecule has 2 aliphatic rings. The van der Waals surface area contributed by atoms with E-state index in [2.05, 4.69) is 10.1 Å². The van der Waals surface area contributed by atoms with Crippen LogP contribution in [0.4, 0.5) is 18.0 Å². The Morgan fingerprint density at radius 2 is 1.82 bits per heavy atom. The maximum atomic E-state index is 13.2. The Labute approximate surface area is 189 Å². The molecule has 0 radical (unpaired) electrons. The number of amides is 2. The molecule has 2 saturated heterocycles. The lowest BCUT2D eigenvalue weighted by molar-refractivity contribution is -0.137. The molecule has 0 N–H and O–H groups in total. The SMILES string of the molecule is COCCc1nc(C2CC(c3ccc(C(F)(F)F)cc3)CN(C(=O)N3CCOCC3)C2)no1. The monoisotopic (exact) mass is 468 g/mol. The highest BCUT2D eigenvalue weighted by atomic mass is 19.4.